The molecule has 0 atom stereocenters. The van der Waals surface area contributed by atoms with Crippen molar-refractivity contribution in [3.8, 4) is 0 Å². The predicted molar refractivity (Wildman–Crippen MR) is 99.0 cm³/mol. The van der Waals surface area contributed by atoms with E-state index in [4.69, 9.17) is 4.74 Å². The molecule has 0 aliphatic heterocycles. The summed E-state index contributed by atoms with van der Waals surface area (Å²) in [6.45, 7) is 4.36. The molecule has 3 N–H and O–H groups in total. The van der Waals surface area contributed by atoms with Crippen molar-refractivity contribution in [3.63, 3.8) is 0 Å². The Labute approximate surface area is 156 Å². The van der Waals surface area contributed by atoms with Crippen molar-refractivity contribution in [2.75, 3.05) is 45.2 Å². The summed E-state index contributed by atoms with van der Waals surface area (Å²) in [5.41, 5.74) is -0.778. The summed E-state index contributed by atoms with van der Waals surface area (Å²) in [4.78, 5) is 7.73. The van der Waals surface area contributed by atoms with Crippen LogP contribution in [0, 0.1) is 0 Å². The highest BCUT2D eigenvalue weighted by atomic mass is 127. The first-order valence-corrected chi connectivity index (χ1v) is 7.27. The molecule has 0 aliphatic carbocycles. The molecule has 1 aromatic rings. The Morgan fingerprint density at radius 3 is 2.58 bits per heavy atom. The van der Waals surface area contributed by atoms with E-state index in [1.807, 2.05) is 6.92 Å². The highest BCUT2D eigenvalue weighted by Gasteiger charge is 2.33. The van der Waals surface area contributed by atoms with Crippen LogP contribution >= 0.6 is 24.0 Å². The first-order valence-electron chi connectivity index (χ1n) is 7.27. The van der Waals surface area contributed by atoms with Gasteiger partial charge in [-0.05, 0) is 19.1 Å². The van der Waals surface area contributed by atoms with Gasteiger partial charge in [-0.2, -0.15) is 13.2 Å². The van der Waals surface area contributed by atoms with Gasteiger partial charge in [-0.1, -0.05) is 0 Å². The zero-order chi connectivity index (χ0) is 17.1. The second kappa shape index (κ2) is 12.1. The summed E-state index contributed by atoms with van der Waals surface area (Å²) in [6.07, 6.45) is -3.11. The van der Waals surface area contributed by atoms with Gasteiger partial charge in [-0.25, -0.2) is 4.98 Å². The van der Waals surface area contributed by atoms with Gasteiger partial charge in [0.25, 0.3) is 0 Å². The molecule has 0 spiro atoms. The first-order chi connectivity index (χ1) is 11.0. The zero-order valence-corrected chi connectivity index (χ0v) is 15.9. The van der Waals surface area contributed by atoms with Crippen molar-refractivity contribution in [2.24, 2.45) is 4.99 Å². The van der Waals surface area contributed by atoms with E-state index in [-0.39, 0.29) is 36.3 Å². The summed E-state index contributed by atoms with van der Waals surface area (Å²) in [6, 6.07) is 2.26. The number of guanidine groups is 1. The van der Waals surface area contributed by atoms with Gasteiger partial charge in [-0.15, -0.1) is 24.0 Å². The molecule has 0 saturated carbocycles. The average Bonchev–Trinajstić information content (AvgIpc) is 2.53. The fraction of sp³-hybridized carbons (Fsp3) is 0.571. The van der Waals surface area contributed by atoms with Gasteiger partial charge in [0.15, 0.2) is 5.96 Å². The minimum atomic E-state index is -4.43. The maximum atomic E-state index is 12.8. The third-order valence-electron chi connectivity index (χ3n) is 2.79. The van der Waals surface area contributed by atoms with E-state index < -0.39 is 11.7 Å². The molecule has 0 radical (unpaired) electrons. The molecule has 1 rings (SSSR count). The maximum absolute atomic E-state index is 12.8. The number of ether oxygens (including phenoxy) is 1. The second-order valence-electron chi connectivity index (χ2n) is 4.45. The molecule has 0 saturated heterocycles. The average molecular weight is 461 g/mol. The van der Waals surface area contributed by atoms with E-state index in [1.54, 1.807) is 7.05 Å². The minimum absolute atomic E-state index is 0. The number of aliphatic imine (C=N–C) groups is 1. The lowest BCUT2D eigenvalue weighted by Crippen LogP contribution is -2.41. The van der Waals surface area contributed by atoms with E-state index in [0.29, 0.717) is 32.3 Å². The van der Waals surface area contributed by atoms with Crippen molar-refractivity contribution >= 4 is 35.8 Å². The number of halogens is 4. The monoisotopic (exact) mass is 461 g/mol. The molecule has 6 nitrogen and oxygen atoms in total. The van der Waals surface area contributed by atoms with Crippen LogP contribution in [-0.2, 0) is 10.9 Å². The molecule has 0 fully saturated rings. The SMILES string of the molecule is CCOCCNC(=NC)NCCNc1ncccc1C(F)(F)F.I. The van der Waals surface area contributed by atoms with E-state index in [9.17, 15) is 13.2 Å². The highest BCUT2D eigenvalue weighted by Crippen LogP contribution is 2.33. The topological polar surface area (TPSA) is 70.6 Å². The summed E-state index contributed by atoms with van der Waals surface area (Å²) in [5.74, 6) is 0.379. The number of hydrogen-bond acceptors (Lipinski definition) is 4. The Morgan fingerprint density at radius 2 is 1.96 bits per heavy atom. The van der Waals surface area contributed by atoms with Crippen LogP contribution in [0.25, 0.3) is 0 Å². The van der Waals surface area contributed by atoms with Gasteiger partial charge < -0.3 is 20.7 Å². The fourth-order valence-corrected chi connectivity index (χ4v) is 1.74. The number of aromatic nitrogens is 1. The first kappa shape index (κ1) is 22.7. The lowest BCUT2D eigenvalue weighted by atomic mass is 10.2. The van der Waals surface area contributed by atoms with Crippen LogP contribution in [-0.4, -0.2) is 50.8 Å². The molecule has 0 aromatic carbocycles. The standard InChI is InChI=1S/C14H22F3N5O.HI/c1-3-23-10-9-22-13(18-2)21-8-7-20-12-11(14(15,16)17)5-4-6-19-12;/h4-6H,3,7-10H2,1-2H3,(H,19,20)(H2,18,21,22);1H. The molecule has 1 heterocycles. The number of nitrogens with one attached hydrogen (secondary N) is 3. The third-order valence-corrected chi connectivity index (χ3v) is 2.79. The number of alkyl halides is 3. The third kappa shape index (κ3) is 8.52. The summed E-state index contributed by atoms with van der Waals surface area (Å²) < 4.78 is 43.6. The molecule has 0 bridgehead atoms. The molecular formula is C14H23F3IN5O. The van der Waals surface area contributed by atoms with Crippen LogP contribution in [0.15, 0.2) is 23.3 Å². The molecular weight excluding hydrogens is 438 g/mol. The van der Waals surface area contributed by atoms with Gasteiger partial charge in [0, 0.05) is 39.5 Å². The normalized spacial score (nSPS) is 11.6. The second-order valence-corrected chi connectivity index (χ2v) is 4.45. The van der Waals surface area contributed by atoms with Crippen LogP contribution in [0.2, 0.25) is 0 Å². The number of hydrogen-bond donors (Lipinski definition) is 3. The maximum Gasteiger partial charge on any atom is 0.419 e. The summed E-state index contributed by atoms with van der Waals surface area (Å²) >= 11 is 0. The fourth-order valence-electron chi connectivity index (χ4n) is 1.74. The molecule has 1 aromatic heterocycles. The van der Waals surface area contributed by atoms with Crippen LogP contribution < -0.4 is 16.0 Å². The van der Waals surface area contributed by atoms with Crippen LogP contribution in [0.1, 0.15) is 12.5 Å². The number of anilines is 1. The number of nitrogens with zero attached hydrogens (tertiary/aromatic N) is 2. The summed E-state index contributed by atoms with van der Waals surface area (Å²) in [7, 11) is 1.62. The molecule has 0 amide bonds. The van der Waals surface area contributed by atoms with Gasteiger partial charge in [-0.3, -0.25) is 4.99 Å². The number of pyridine rings is 1. The Morgan fingerprint density at radius 1 is 1.25 bits per heavy atom. The van der Waals surface area contributed by atoms with Crippen LogP contribution in [0.3, 0.4) is 0 Å². The molecule has 10 heteroatoms. The summed E-state index contributed by atoms with van der Waals surface area (Å²) in [5, 5.41) is 8.69. The van der Waals surface area contributed by atoms with Gasteiger partial charge in [0.1, 0.15) is 5.82 Å². The van der Waals surface area contributed by atoms with E-state index in [0.717, 1.165) is 6.07 Å². The van der Waals surface area contributed by atoms with Crippen molar-refractivity contribution in [3.05, 3.63) is 23.9 Å². The van der Waals surface area contributed by atoms with Crippen molar-refractivity contribution < 1.29 is 17.9 Å². The molecule has 138 valence electrons. The Hall–Kier alpha value is -1.30. The van der Waals surface area contributed by atoms with E-state index >= 15 is 0 Å². The predicted octanol–water partition coefficient (Wildman–Crippen LogP) is 2.33. The number of rotatable bonds is 8. The minimum Gasteiger partial charge on any atom is -0.380 e. The van der Waals surface area contributed by atoms with Gasteiger partial charge in [0.05, 0.1) is 12.2 Å². The Bertz CT molecular complexity index is 500. The highest BCUT2D eigenvalue weighted by molar-refractivity contribution is 14.0. The lowest BCUT2D eigenvalue weighted by Gasteiger charge is -2.15. The van der Waals surface area contributed by atoms with Gasteiger partial charge >= 0.3 is 6.18 Å². The van der Waals surface area contributed by atoms with Crippen LogP contribution in [0.5, 0.6) is 0 Å². The van der Waals surface area contributed by atoms with E-state index in [1.165, 1.54) is 12.3 Å². The molecule has 0 aliphatic rings. The van der Waals surface area contributed by atoms with E-state index in [2.05, 4.69) is 25.9 Å². The smallest absolute Gasteiger partial charge is 0.380 e. The quantitative estimate of drug-likeness (QED) is 0.240. The van der Waals surface area contributed by atoms with Crippen molar-refractivity contribution in [2.45, 2.75) is 13.1 Å². The largest absolute Gasteiger partial charge is 0.419 e. The van der Waals surface area contributed by atoms with Crippen LogP contribution in [0.4, 0.5) is 19.0 Å². The Balaban J connectivity index is 0.00000529. The van der Waals surface area contributed by atoms with Crippen molar-refractivity contribution in [1.29, 1.82) is 0 Å². The van der Waals surface area contributed by atoms with Gasteiger partial charge in [0.2, 0.25) is 0 Å². The Kier molecular flexibility index (Phi) is 11.5. The zero-order valence-electron chi connectivity index (χ0n) is 13.6. The van der Waals surface area contributed by atoms with Crippen molar-refractivity contribution in [1.82, 2.24) is 15.6 Å². The lowest BCUT2D eigenvalue weighted by molar-refractivity contribution is -0.137. The molecule has 0 unspecified atom stereocenters. The molecule has 24 heavy (non-hydrogen) atoms.